The van der Waals surface area contributed by atoms with Crippen LogP contribution in [0.25, 0.3) is 0 Å². The molecule has 0 saturated carbocycles. The Morgan fingerprint density at radius 2 is 2.22 bits per heavy atom. The number of hydrogen-bond donors (Lipinski definition) is 2. The smallest absolute Gasteiger partial charge is 0.306 e. The van der Waals surface area contributed by atoms with Crippen molar-refractivity contribution in [1.29, 1.82) is 0 Å². The molecule has 1 aliphatic heterocycles. The second-order valence-corrected chi connectivity index (χ2v) is 5.64. The van der Waals surface area contributed by atoms with Gasteiger partial charge in [0.1, 0.15) is 5.75 Å². The maximum atomic E-state index is 12.1. The maximum Gasteiger partial charge on any atom is 0.306 e. The van der Waals surface area contributed by atoms with Gasteiger partial charge < -0.3 is 20.1 Å². The lowest BCUT2D eigenvalue weighted by Gasteiger charge is -2.12. The Morgan fingerprint density at radius 1 is 1.39 bits per heavy atom. The Morgan fingerprint density at radius 3 is 2.96 bits per heavy atom. The van der Waals surface area contributed by atoms with Gasteiger partial charge in [-0.05, 0) is 49.7 Å². The molecule has 1 aliphatic rings. The van der Waals surface area contributed by atoms with Crippen molar-refractivity contribution in [2.45, 2.75) is 25.8 Å². The van der Waals surface area contributed by atoms with E-state index in [9.17, 15) is 9.59 Å². The van der Waals surface area contributed by atoms with Crippen LogP contribution < -0.4 is 15.4 Å². The maximum absolute atomic E-state index is 12.1. The van der Waals surface area contributed by atoms with Gasteiger partial charge in [0, 0.05) is 6.54 Å². The average Bonchev–Trinajstić information content (AvgIpc) is 2.71. The van der Waals surface area contributed by atoms with E-state index < -0.39 is 0 Å². The van der Waals surface area contributed by atoms with E-state index in [0.29, 0.717) is 19.6 Å². The Bertz CT molecular complexity index is 560. The summed E-state index contributed by atoms with van der Waals surface area (Å²) in [5.74, 6) is -0.0483. The minimum Gasteiger partial charge on any atom is -0.494 e. The van der Waals surface area contributed by atoms with Crippen LogP contribution in [0.1, 0.15) is 24.0 Å². The highest BCUT2D eigenvalue weighted by Gasteiger charge is 2.26. The SMILES string of the molecule is CNCCCOc1ccc2c(c1)CNC(=O)C(CC(=O)OC)C2. The molecule has 0 bridgehead atoms. The van der Waals surface area contributed by atoms with Crippen molar-refractivity contribution in [3.8, 4) is 5.75 Å². The van der Waals surface area contributed by atoms with Crippen molar-refractivity contribution in [3.05, 3.63) is 29.3 Å². The Hall–Kier alpha value is -2.08. The van der Waals surface area contributed by atoms with E-state index in [2.05, 4.69) is 15.4 Å². The molecule has 1 amide bonds. The summed E-state index contributed by atoms with van der Waals surface area (Å²) in [7, 11) is 3.25. The first-order valence-corrected chi connectivity index (χ1v) is 7.87. The fourth-order valence-corrected chi connectivity index (χ4v) is 2.63. The molecule has 2 N–H and O–H groups in total. The zero-order chi connectivity index (χ0) is 16.7. The first-order valence-electron chi connectivity index (χ1n) is 7.87. The molecule has 23 heavy (non-hydrogen) atoms. The third kappa shape index (κ3) is 4.96. The van der Waals surface area contributed by atoms with Crippen LogP contribution in [0.2, 0.25) is 0 Å². The first kappa shape index (κ1) is 17.3. The second kappa shape index (κ2) is 8.53. The van der Waals surface area contributed by atoms with Gasteiger partial charge in [-0.15, -0.1) is 0 Å². The van der Waals surface area contributed by atoms with Crippen LogP contribution in [0.4, 0.5) is 0 Å². The Balaban J connectivity index is 2.03. The van der Waals surface area contributed by atoms with E-state index in [0.717, 1.165) is 29.8 Å². The Kier molecular flexibility index (Phi) is 6.40. The number of methoxy groups -OCH3 is 1. The fraction of sp³-hybridized carbons (Fsp3) is 0.529. The molecule has 0 radical (unpaired) electrons. The van der Waals surface area contributed by atoms with Crippen LogP contribution in [0, 0.1) is 5.92 Å². The number of carbonyl (C=O) groups excluding carboxylic acids is 2. The zero-order valence-corrected chi connectivity index (χ0v) is 13.7. The van der Waals surface area contributed by atoms with Crippen molar-refractivity contribution < 1.29 is 19.1 Å². The van der Waals surface area contributed by atoms with Gasteiger partial charge in [0.25, 0.3) is 0 Å². The number of nitrogens with one attached hydrogen (secondary N) is 2. The number of rotatable bonds is 7. The largest absolute Gasteiger partial charge is 0.494 e. The summed E-state index contributed by atoms with van der Waals surface area (Å²) in [6, 6.07) is 5.87. The molecular formula is C17H24N2O4. The van der Waals surface area contributed by atoms with Gasteiger partial charge >= 0.3 is 5.97 Å². The fourth-order valence-electron chi connectivity index (χ4n) is 2.63. The number of hydrogen-bond acceptors (Lipinski definition) is 5. The van der Waals surface area contributed by atoms with Gasteiger partial charge in [-0.1, -0.05) is 6.07 Å². The number of carbonyl (C=O) groups is 2. The minimum absolute atomic E-state index is 0.101. The zero-order valence-electron chi connectivity index (χ0n) is 13.7. The molecule has 0 aromatic heterocycles. The van der Waals surface area contributed by atoms with E-state index in [4.69, 9.17) is 4.74 Å². The van der Waals surface area contributed by atoms with Crippen molar-refractivity contribution in [2.75, 3.05) is 27.3 Å². The standard InChI is InChI=1S/C17H24N2O4/c1-18-6-3-7-23-15-5-4-12-8-13(10-16(20)22-2)17(21)19-11-14(12)9-15/h4-5,9,13,18H,3,6-8,10-11H2,1-2H3,(H,19,21). The van der Waals surface area contributed by atoms with E-state index in [1.807, 2.05) is 25.2 Å². The van der Waals surface area contributed by atoms with Gasteiger partial charge in [-0.2, -0.15) is 0 Å². The van der Waals surface area contributed by atoms with Crippen molar-refractivity contribution >= 4 is 11.9 Å². The van der Waals surface area contributed by atoms with Gasteiger partial charge in [0.05, 0.1) is 26.1 Å². The highest BCUT2D eigenvalue weighted by molar-refractivity contribution is 5.84. The molecule has 0 fully saturated rings. The molecular weight excluding hydrogens is 296 g/mol. The normalized spacial score (nSPS) is 17.0. The quantitative estimate of drug-likeness (QED) is 0.579. The van der Waals surface area contributed by atoms with Crippen LogP contribution in [0.3, 0.4) is 0 Å². The molecule has 1 aromatic rings. The van der Waals surface area contributed by atoms with Crippen LogP contribution in [0.15, 0.2) is 18.2 Å². The molecule has 1 heterocycles. The highest BCUT2D eigenvalue weighted by Crippen LogP contribution is 2.25. The molecule has 2 rings (SSSR count). The number of esters is 1. The molecule has 0 saturated heterocycles. The van der Waals surface area contributed by atoms with E-state index >= 15 is 0 Å². The van der Waals surface area contributed by atoms with Crippen LogP contribution in [-0.4, -0.2) is 39.2 Å². The highest BCUT2D eigenvalue weighted by atomic mass is 16.5. The Labute approximate surface area is 136 Å². The predicted molar refractivity (Wildman–Crippen MR) is 86.2 cm³/mol. The molecule has 6 nitrogen and oxygen atoms in total. The number of benzene rings is 1. The molecule has 1 unspecified atom stereocenters. The molecule has 1 aromatic carbocycles. The lowest BCUT2D eigenvalue weighted by atomic mass is 9.94. The summed E-state index contributed by atoms with van der Waals surface area (Å²) in [5.41, 5.74) is 2.11. The van der Waals surface area contributed by atoms with E-state index in [1.165, 1.54) is 7.11 Å². The van der Waals surface area contributed by atoms with Gasteiger partial charge in [-0.25, -0.2) is 0 Å². The van der Waals surface area contributed by atoms with Crippen molar-refractivity contribution in [2.24, 2.45) is 5.92 Å². The second-order valence-electron chi connectivity index (χ2n) is 5.64. The van der Waals surface area contributed by atoms with Crippen LogP contribution in [0.5, 0.6) is 5.75 Å². The van der Waals surface area contributed by atoms with Crippen molar-refractivity contribution in [1.82, 2.24) is 10.6 Å². The summed E-state index contributed by atoms with van der Waals surface area (Å²) in [5, 5.41) is 5.95. The number of amides is 1. The van der Waals surface area contributed by atoms with Gasteiger partial charge in [0.2, 0.25) is 5.91 Å². The van der Waals surface area contributed by atoms with E-state index in [1.54, 1.807) is 0 Å². The summed E-state index contributed by atoms with van der Waals surface area (Å²) in [4.78, 5) is 23.6. The van der Waals surface area contributed by atoms with Gasteiger partial charge in [0.15, 0.2) is 0 Å². The summed E-state index contributed by atoms with van der Waals surface area (Å²) in [6.07, 6.45) is 1.58. The third-order valence-electron chi connectivity index (χ3n) is 3.95. The predicted octanol–water partition coefficient (Wildman–Crippen LogP) is 1.03. The minimum atomic E-state index is -0.383. The molecule has 126 valence electrons. The van der Waals surface area contributed by atoms with E-state index in [-0.39, 0.29) is 24.2 Å². The number of fused-ring (bicyclic) bond motifs is 1. The molecule has 6 heteroatoms. The molecule has 1 atom stereocenters. The topological polar surface area (TPSA) is 76.7 Å². The number of ether oxygens (including phenoxy) is 2. The van der Waals surface area contributed by atoms with Crippen molar-refractivity contribution in [3.63, 3.8) is 0 Å². The van der Waals surface area contributed by atoms with Gasteiger partial charge in [-0.3, -0.25) is 9.59 Å². The van der Waals surface area contributed by atoms with Crippen LogP contribution >= 0.6 is 0 Å². The monoisotopic (exact) mass is 320 g/mol. The summed E-state index contributed by atoms with van der Waals surface area (Å²) in [6.45, 7) is 2.02. The molecule has 0 aliphatic carbocycles. The average molecular weight is 320 g/mol. The lowest BCUT2D eigenvalue weighted by Crippen LogP contribution is -2.30. The third-order valence-corrected chi connectivity index (χ3v) is 3.95. The summed E-state index contributed by atoms with van der Waals surface area (Å²) < 4.78 is 10.4. The first-order chi connectivity index (χ1) is 11.1. The summed E-state index contributed by atoms with van der Waals surface area (Å²) >= 11 is 0. The molecule has 0 spiro atoms. The van der Waals surface area contributed by atoms with Crippen LogP contribution in [-0.2, 0) is 27.3 Å². The lowest BCUT2D eigenvalue weighted by molar-refractivity contribution is -0.144.